The Bertz CT molecular complexity index is 881. The summed E-state index contributed by atoms with van der Waals surface area (Å²) in [7, 11) is 0. The van der Waals surface area contributed by atoms with Crippen LogP contribution in [0.5, 0.6) is 0 Å². The summed E-state index contributed by atoms with van der Waals surface area (Å²) in [6.45, 7) is 1.78. The first-order valence-corrected chi connectivity index (χ1v) is 8.59. The van der Waals surface area contributed by atoms with Gasteiger partial charge in [0.1, 0.15) is 11.6 Å². The fraction of sp³-hybridized carbons (Fsp3) is 0.353. The molecule has 1 aliphatic heterocycles. The molecule has 8 nitrogen and oxygen atoms in total. The molecule has 2 unspecified atom stereocenters. The first-order valence-electron chi connectivity index (χ1n) is 8.21. The minimum atomic E-state index is -0.351. The molecule has 1 aromatic carbocycles. The molecular formula is C17H18ClN5O3. The van der Waals surface area contributed by atoms with Crippen molar-refractivity contribution < 1.29 is 14.2 Å². The van der Waals surface area contributed by atoms with Crippen LogP contribution in [0.4, 0.5) is 5.95 Å². The van der Waals surface area contributed by atoms with Gasteiger partial charge in [-0.2, -0.15) is 9.97 Å². The van der Waals surface area contributed by atoms with Crippen molar-refractivity contribution in [3.05, 3.63) is 47.4 Å². The molecule has 1 saturated heterocycles. The Hall–Kier alpha value is -2.26. The number of rotatable bonds is 5. The van der Waals surface area contributed by atoms with E-state index in [-0.39, 0.29) is 23.4 Å². The van der Waals surface area contributed by atoms with Crippen LogP contribution in [0.3, 0.4) is 0 Å². The van der Waals surface area contributed by atoms with E-state index in [1.807, 2.05) is 30.3 Å². The van der Waals surface area contributed by atoms with Gasteiger partial charge in [-0.25, -0.2) is 4.98 Å². The van der Waals surface area contributed by atoms with E-state index in [2.05, 4.69) is 15.0 Å². The fourth-order valence-corrected chi connectivity index (χ4v) is 3.00. The highest BCUT2D eigenvalue weighted by Crippen LogP contribution is 2.25. The van der Waals surface area contributed by atoms with E-state index >= 15 is 0 Å². The smallest absolute Gasteiger partial charge is 0.223 e. The lowest BCUT2D eigenvalue weighted by molar-refractivity contribution is -0.176. The lowest BCUT2D eigenvalue weighted by Crippen LogP contribution is -2.36. The summed E-state index contributed by atoms with van der Waals surface area (Å²) in [4.78, 5) is 12.3. The van der Waals surface area contributed by atoms with Crippen molar-refractivity contribution in [3.63, 3.8) is 0 Å². The molecule has 2 N–H and O–H groups in total. The molecule has 3 aromatic rings. The number of anilines is 1. The van der Waals surface area contributed by atoms with E-state index < -0.39 is 0 Å². The summed E-state index contributed by atoms with van der Waals surface area (Å²) in [5, 5.41) is 0.218. The fourth-order valence-electron chi connectivity index (χ4n) is 2.78. The zero-order valence-electron chi connectivity index (χ0n) is 13.9. The summed E-state index contributed by atoms with van der Waals surface area (Å²) in [5.74, 6) is 0.0909. The molecule has 0 saturated carbocycles. The molecule has 0 amide bonds. The van der Waals surface area contributed by atoms with Gasteiger partial charge in [-0.05, 0) is 5.56 Å². The minimum absolute atomic E-state index is 0.0909. The molecule has 0 bridgehead atoms. The number of nitrogens with zero attached hydrogens (tertiary/aromatic N) is 4. The van der Waals surface area contributed by atoms with E-state index in [0.717, 1.165) is 5.56 Å². The molecule has 4 rings (SSSR count). The Kier molecular flexibility index (Phi) is 4.98. The van der Waals surface area contributed by atoms with Crippen molar-refractivity contribution in [3.8, 4) is 0 Å². The van der Waals surface area contributed by atoms with Crippen molar-refractivity contribution in [2.45, 2.75) is 18.9 Å². The van der Waals surface area contributed by atoms with E-state index in [1.165, 1.54) is 0 Å². The van der Waals surface area contributed by atoms with Crippen LogP contribution in [-0.4, -0.2) is 45.4 Å². The van der Waals surface area contributed by atoms with E-state index in [1.54, 1.807) is 10.9 Å². The van der Waals surface area contributed by atoms with Gasteiger partial charge in [0.05, 0.1) is 32.8 Å². The largest absolute Gasteiger partial charge is 0.374 e. The first kappa shape index (κ1) is 17.2. The molecule has 9 heteroatoms. The van der Waals surface area contributed by atoms with Gasteiger partial charge >= 0.3 is 0 Å². The number of fused-ring (bicyclic) bond motifs is 1. The number of nitrogen functional groups attached to an aromatic ring is 1. The Morgan fingerprint density at radius 1 is 1.19 bits per heavy atom. The number of aromatic nitrogens is 4. The van der Waals surface area contributed by atoms with Crippen LogP contribution in [0.15, 0.2) is 36.7 Å². The molecule has 26 heavy (non-hydrogen) atoms. The topological polar surface area (TPSA) is 97.3 Å². The average molecular weight is 376 g/mol. The molecule has 0 spiro atoms. The maximum absolute atomic E-state index is 6.05. The number of benzene rings is 1. The zero-order chi connectivity index (χ0) is 17.9. The second kappa shape index (κ2) is 7.55. The summed E-state index contributed by atoms with van der Waals surface area (Å²) < 4.78 is 19.2. The predicted molar refractivity (Wildman–Crippen MR) is 95.6 cm³/mol. The van der Waals surface area contributed by atoms with Crippen LogP contribution in [0.1, 0.15) is 11.8 Å². The van der Waals surface area contributed by atoms with Crippen LogP contribution in [-0.2, 0) is 20.8 Å². The molecule has 3 heterocycles. The maximum atomic E-state index is 6.05. The quantitative estimate of drug-likeness (QED) is 0.682. The minimum Gasteiger partial charge on any atom is -0.374 e. The van der Waals surface area contributed by atoms with Crippen molar-refractivity contribution >= 4 is 28.7 Å². The summed E-state index contributed by atoms with van der Waals surface area (Å²) >= 11 is 6.05. The van der Waals surface area contributed by atoms with Crippen molar-refractivity contribution in [2.24, 2.45) is 0 Å². The van der Waals surface area contributed by atoms with Gasteiger partial charge in [0, 0.05) is 0 Å². The molecule has 0 aliphatic carbocycles. The summed E-state index contributed by atoms with van der Waals surface area (Å²) in [5.41, 5.74) is 7.80. The Morgan fingerprint density at radius 2 is 2.04 bits per heavy atom. The van der Waals surface area contributed by atoms with Gasteiger partial charge < -0.3 is 19.9 Å². The number of halogens is 1. The lowest BCUT2D eigenvalue weighted by atomic mass is 10.2. The predicted octanol–water partition coefficient (Wildman–Crippen LogP) is 2.19. The standard InChI is InChI=1S/C17H18ClN5O3/c18-15-14-16(22-17(19)21-15)23(10-20-14)13-9-25-12(8-26-13)7-24-6-11-4-2-1-3-5-11/h1-5,10,12-13H,6-9H2,(H2,19,21,22). The van der Waals surface area contributed by atoms with Gasteiger partial charge in [-0.1, -0.05) is 41.9 Å². The van der Waals surface area contributed by atoms with Crippen molar-refractivity contribution in [2.75, 3.05) is 25.6 Å². The highest BCUT2D eigenvalue weighted by atomic mass is 35.5. The SMILES string of the molecule is Nc1nc(Cl)c2ncn(C3COC(COCc4ccccc4)CO3)c2n1. The van der Waals surface area contributed by atoms with Crippen molar-refractivity contribution in [1.82, 2.24) is 19.5 Å². The third-order valence-corrected chi connectivity index (χ3v) is 4.33. The van der Waals surface area contributed by atoms with Crippen LogP contribution >= 0.6 is 11.6 Å². The maximum Gasteiger partial charge on any atom is 0.223 e. The number of hydrogen-bond donors (Lipinski definition) is 1. The number of nitrogens with two attached hydrogens (primary N) is 1. The molecule has 1 aliphatic rings. The van der Waals surface area contributed by atoms with Gasteiger partial charge in [-0.15, -0.1) is 0 Å². The Balaban J connectivity index is 1.34. The molecule has 2 aromatic heterocycles. The molecule has 0 radical (unpaired) electrons. The van der Waals surface area contributed by atoms with E-state index in [4.69, 9.17) is 31.5 Å². The van der Waals surface area contributed by atoms with Crippen LogP contribution in [0.25, 0.3) is 11.2 Å². The van der Waals surface area contributed by atoms with Gasteiger partial charge in [0.2, 0.25) is 5.95 Å². The highest BCUT2D eigenvalue weighted by Gasteiger charge is 2.26. The molecule has 2 atom stereocenters. The van der Waals surface area contributed by atoms with Gasteiger partial charge in [0.25, 0.3) is 0 Å². The lowest BCUT2D eigenvalue weighted by Gasteiger charge is -2.30. The van der Waals surface area contributed by atoms with Crippen LogP contribution in [0.2, 0.25) is 5.15 Å². The zero-order valence-corrected chi connectivity index (χ0v) is 14.7. The second-order valence-electron chi connectivity index (χ2n) is 5.94. The van der Waals surface area contributed by atoms with E-state index in [0.29, 0.717) is 37.6 Å². The Labute approximate surface area is 154 Å². The first-order chi connectivity index (χ1) is 12.7. The molecule has 1 fully saturated rings. The second-order valence-corrected chi connectivity index (χ2v) is 6.30. The molecular weight excluding hydrogens is 358 g/mol. The Morgan fingerprint density at radius 3 is 2.81 bits per heavy atom. The monoisotopic (exact) mass is 375 g/mol. The highest BCUT2D eigenvalue weighted by molar-refractivity contribution is 6.33. The van der Waals surface area contributed by atoms with Crippen molar-refractivity contribution in [1.29, 1.82) is 0 Å². The number of imidazole rings is 1. The molecule has 136 valence electrons. The van der Waals surface area contributed by atoms with E-state index in [9.17, 15) is 0 Å². The average Bonchev–Trinajstić information content (AvgIpc) is 3.07. The van der Waals surface area contributed by atoms with Crippen LogP contribution < -0.4 is 5.73 Å². The summed E-state index contributed by atoms with van der Waals surface area (Å²) in [6.07, 6.45) is 1.13. The van der Waals surface area contributed by atoms with Crippen LogP contribution in [0, 0.1) is 0 Å². The number of ether oxygens (including phenoxy) is 3. The third kappa shape index (κ3) is 3.63. The van der Waals surface area contributed by atoms with Gasteiger partial charge in [-0.3, -0.25) is 4.57 Å². The third-order valence-electron chi connectivity index (χ3n) is 4.07. The normalized spacial score (nSPS) is 20.5. The summed E-state index contributed by atoms with van der Waals surface area (Å²) in [6, 6.07) is 10.0. The van der Waals surface area contributed by atoms with Gasteiger partial charge in [0.15, 0.2) is 17.0 Å². The number of hydrogen-bond acceptors (Lipinski definition) is 7.